The first kappa shape index (κ1) is 13.7. The van der Waals surface area contributed by atoms with Gasteiger partial charge >= 0.3 is 0 Å². The lowest BCUT2D eigenvalue weighted by atomic mass is 10.1. The van der Waals surface area contributed by atoms with Crippen molar-refractivity contribution in [1.29, 1.82) is 0 Å². The molecule has 0 fully saturated rings. The molecular weight excluding hydrogens is 239 g/mol. The molecule has 19 heavy (non-hydrogen) atoms. The molecule has 0 aliphatic rings. The highest BCUT2D eigenvalue weighted by Crippen LogP contribution is 2.05. The molecule has 3 N–H and O–H groups in total. The Morgan fingerprint density at radius 1 is 0.947 bits per heavy atom. The van der Waals surface area contributed by atoms with Crippen LogP contribution in [0.4, 0.5) is 4.39 Å². The maximum Gasteiger partial charge on any atom is 0.123 e. The second-order valence-electron chi connectivity index (χ2n) is 4.58. The van der Waals surface area contributed by atoms with Crippen LogP contribution in [0.25, 0.3) is 0 Å². The molecule has 0 atom stereocenters. The molecule has 0 radical (unpaired) electrons. The predicted molar refractivity (Wildman–Crippen MR) is 76.1 cm³/mol. The van der Waals surface area contributed by atoms with E-state index in [4.69, 9.17) is 5.73 Å². The van der Waals surface area contributed by atoms with Crippen molar-refractivity contribution in [3.63, 3.8) is 0 Å². The van der Waals surface area contributed by atoms with Gasteiger partial charge in [-0.25, -0.2) is 4.39 Å². The highest BCUT2D eigenvalue weighted by atomic mass is 19.1. The van der Waals surface area contributed by atoms with Gasteiger partial charge in [0.15, 0.2) is 0 Å². The summed E-state index contributed by atoms with van der Waals surface area (Å²) < 4.78 is 13.0. The molecule has 3 heteroatoms. The Hall–Kier alpha value is -1.71. The summed E-state index contributed by atoms with van der Waals surface area (Å²) in [6.07, 6.45) is 0.828. The first-order chi connectivity index (χ1) is 9.28. The van der Waals surface area contributed by atoms with Crippen LogP contribution in [0.5, 0.6) is 0 Å². The quantitative estimate of drug-likeness (QED) is 0.782. The molecular formula is C16H19FN2. The third kappa shape index (κ3) is 4.47. The SMILES string of the molecule is NCc1cccc(CNCCc2cccc(F)c2)c1. The third-order valence-corrected chi connectivity index (χ3v) is 3.04. The van der Waals surface area contributed by atoms with Crippen molar-refractivity contribution in [2.24, 2.45) is 5.73 Å². The highest BCUT2D eigenvalue weighted by Gasteiger charge is 1.97. The van der Waals surface area contributed by atoms with E-state index in [2.05, 4.69) is 17.4 Å². The normalized spacial score (nSPS) is 10.6. The summed E-state index contributed by atoms with van der Waals surface area (Å²) in [6.45, 7) is 2.20. The van der Waals surface area contributed by atoms with E-state index in [-0.39, 0.29) is 5.82 Å². The van der Waals surface area contributed by atoms with Crippen LogP contribution in [0, 0.1) is 5.82 Å². The third-order valence-electron chi connectivity index (χ3n) is 3.04. The lowest BCUT2D eigenvalue weighted by molar-refractivity contribution is 0.622. The average molecular weight is 258 g/mol. The Morgan fingerprint density at radius 3 is 2.47 bits per heavy atom. The summed E-state index contributed by atoms with van der Waals surface area (Å²) in [6, 6.07) is 15.0. The predicted octanol–water partition coefficient (Wildman–Crippen LogP) is 2.62. The molecule has 2 aromatic rings. The van der Waals surface area contributed by atoms with E-state index in [1.807, 2.05) is 18.2 Å². The molecule has 0 aliphatic carbocycles. The van der Waals surface area contributed by atoms with Gasteiger partial charge in [-0.3, -0.25) is 0 Å². The maximum atomic E-state index is 13.0. The van der Waals surface area contributed by atoms with Crippen LogP contribution in [0.1, 0.15) is 16.7 Å². The van der Waals surface area contributed by atoms with Gasteiger partial charge in [0.2, 0.25) is 0 Å². The second kappa shape index (κ2) is 7.02. The average Bonchev–Trinajstić information content (AvgIpc) is 2.44. The number of benzene rings is 2. The fraction of sp³-hybridized carbons (Fsp3) is 0.250. The number of halogens is 1. The van der Waals surface area contributed by atoms with Crippen molar-refractivity contribution in [1.82, 2.24) is 5.32 Å². The van der Waals surface area contributed by atoms with E-state index in [0.29, 0.717) is 6.54 Å². The Bertz CT molecular complexity index is 526. The molecule has 2 rings (SSSR count). The van der Waals surface area contributed by atoms with Crippen molar-refractivity contribution >= 4 is 0 Å². The van der Waals surface area contributed by atoms with Crippen LogP contribution in [-0.4, -0.2) is 6.54 Å². The van der Waals surface area contributed by atoms with Gasteiger partial charge in [0, 0.05) is 13.1 Å². The van der Waals surface area contributed by atoms with Crippen molar-refractivity contribution < 1.29 is 4.39 Å². The zero-order valence-electron chi connectivity index (χ0n) is 10.9. The van der Waals surface area contributed by atoms with Gasteiger partial charge in [-0.1, -0.05) is 36.4 Å². The summed E-state index contributed by atoms with van der Waals surface area (Å²) in [5.41, 5.74) is 8.99. The molecule has 0 amide bonds. The second-order valence-corrected chi connectivity index (χ2v) is 4.58. The Labute approximate surface area is 113 Å². The number of nitrogens with two attached hydrogens (primary N) is 1. The molecule has 0 aliphatic heterocycles. The minimum Gasteiger partial charge on any atom is -0.326 e. The van der Waals surface area contributed by atoms with Crippen molar-refractivity contribution in [3.05, 3.63) is 71.0 Å². The fourth-order valence-electron chi connectivity index (χ4n) is 2.02. The van der Waals surface area contributed by atoms with E-state index in [1.165, 1.54) is 11.6 Å². The standard InChI is InChI=1S/C16H19FN2/c17-16-6-2-3-13(10-16)7-8-19-12-15-5-1-4-14(9-15)11-18/h1-6,9-10,19H,7-8,11-12,18H2. The first-order valence-electron chi connectivity index (χ1n) is 6.51. The topological polar surface area (TPSA) is 38.0 Å². The smallest absolute Gasteiger partial charge is 0.123 e. The number of hydrogen-bond donors (Lipinski definition) is 2. The monoisotopic (exact) mass is 258 g/mol. The van der Waals surface area contributed by atoms with Crippen molar-refractivity contribution in [2.45, 2.75) is 19.5 Å². The molecule has 0 saturated carbocycles. The lowest BCUT2D eigenvalue weighted by Gasteiger charge is -2.06. The summed E-state index contributed by atoms with van der Waals surface area (Å²) in [4.78, 5) is 0. The lowest BCUT2D eigenvalue weighted by Crippen LogP contribution is -2.16. The van der Waals surface area contributed by atoms with Gasteiger partial charge in [-0.2, -0.15) is 0 Å². The van der Waals surface area contributed by atoms with Crippen LogP contribution >= 0.6 is 0 Å². The zero-order valence-corrected chi connectivity index (χ0v) is 10.9. The Morgan fingerprint density at radius 2 is 1.68 bits per heavy atom. The largest absolute Gasteiger partial charge is 0.326 e. The van der Waals surface area contributed by atoms with E-state index in [0.717, 1.165) is 30.6 Å². The van der Waals surface area contributed by atoms with Gasteiger partial charge in [0.1, 0.15) is 5.82 Å². The molecule has 0 saturated heterocycles. The van der Waals surface area contributed by atoms with Gasteiger partial charge in [-0.05, 0) is 41.8 Å². The fourth-order valence-corrected chi connectivity index (χ4v) is 2.02. The van der Waals surface area contributed by atoms with Crippen LogP contribution in [0.2, 0.25) is 0 Å². The number of rotatable bonds is 6. The molecule has 100 valence electrons. The van der Waals surface area contributed by atoms with Gasteiger partial charge in [0.25, 0.3) is 0 Å². The van der Waals surface area contributed by atoms with Gasteiger partial charge in [-0.15, -0.1) is 0 Å². The molecule has 0 unspecified atom stereocenters. The van der Waals surface area contributed by atoms with Crippen molar-refractivity contribution in [3.8, 4) is 0 Å². The van der Waals surface area contributed by atoms with Crippen LogP contribution in [-0.2, 0) is 19.5 Å². The summed E-state index contributed by atoms with van der Waals surface area (Å²) in [5, 5.41) is 3.36. The minimum atomic E-state index is -0.173. The molecule has 0 bridgehead atoms. The summed E-state index contributed by atoms with van der Waals surface area (Å²) in [7, 11) is 0. The number of nitrogens with one attached hydrogen (secondary N) is 1. The van der Waals surface area contributed by atoms with E-state index in [1.54, 1.807) is 12.1 Å². The Kier molecular flexibility index (Phi) is 5.07. The van der Waals surface area contributed by atoms with Crippen LogP contribution in [0.15, 0.2) is 48.5 Å². The molecule has 2 nitrogen and oxygen atoms in total. The van der Waals surface area contributed by atoms with Crippen LogP contribution < -0.4 is 11.1 Å². The van der Waals surface area contributed by atoms with Crippen molar-refractivity contribution in [2.75, 3.05) is 6.54 Å². The molecule has 2 aromatic carbocycles. The van der Waals surface area contributed by atoms with Crippen LogP contribution in [0.3, 0.4) is 0 Å². The van der Waals surface area contributed by atoms with E-state index < -0.39 is 0 Å². The minimum absolute atomic E-state index is 0.173. The highest BCUT2D eigenvalue weighted by molar-refractivity contribution is 5.23. The van der Waals surface area contributed by atoms with E-state index in [9.17, 15) is 4.39 Å². The zero-order chi connectivity index (χ0) is 13.5. The first-order valence-corrected chi connectivity index (χ1v) is 6.51. The molecule has 0 heterocycles. The Balaban J connectivity index is 1.77. The maximum absolute atomic E-state index is 13.0. The van der Waals surface area contributed by atoms with Gasteiger partial charge in [0.05, 0.1) is 0 Å². The van der Waals surface area contributed by atoms with Gasteiger partial charge < -0.3 is 11.1 Å². The molecule has 0 aromatic heterocycles. The number of hydrogen-bond acceptors (Lipinski definition) is 2. The summed E-state index contributed by atoms with van der Waals surface area (Å²) in [5.74, 6) is -0.173. The molecule has 0 spiro atoms. The van der Waals surface area contributed by atoms with E-state index >= 15 is 0 Å². The summed E-state index contributed by atoms with van der Waals surface area (Å²) >= 11 is 0.